The summed E-state index contributed by atoms with van der Waals surface area (Å²) in [7, 11) is 0. The van der Waals surface area contributed by atoms with E-state index in [1.165, 1.54) is 24.2 Å². The first kappa shape index (κ1) is 18.3. The maximum atomic E-state index is 12.3. The fourth-order valence-electron chi connectivity index (χ4n) is 4.53. The molecule has 0 radical (unpaired) electrons. The van der Waals surface area contributed by atoms with Crippen LogP contribution in [-0.4, -0.2) is 29.9 Å². The summed E-state index contributed by atoms with van der Waals surface area (Å²) in [5.74, 6) is 1.93. The number of nitrogens with one attached hydrogen (secondary N) is 2. The van der Waals surface area contributed by atoms with Gasteiger partial charge >= 0.3 is 6.03 Å². The van der Waals surface area contributed by atoms with Crippen molar-refractivity contribution in [2.24, 2.45) is 5.92 Å². The molecule has 5 nitrogen and oxygen atoms in total. The molecule has 2 heterocycles. The van der Waals surface area contributed by atoms with Gasteiger partial charge in [-0.3, -0.25) is 0 Å². The normalized spacial score (nSPS) is 20.2. The fourth-order valence-corrected chi connectivity index (χ4v) is 4.93. The standard InChI is InChI=1S/C23H24N4OS/c1-29-20-8-4-17(5-9-20)24-23(28)25-18-6-10-21-16(13-18)3-11-22(26-21)27-14-15-2-7-19(27)12-15/h3-6,8-11,13,15,19H,2,7,12,14H2,1H3,(H2,24,25,28)/t15-,19-/m0/s1. The van der Waals surface area contributed by atoms with E-state index in [9.17, 15) is 4.79 Å². The molecule has 148 valence electrons. The SMILES string of the molecule is CSc1ccc(NC(=O)Nc2ccc3nc(N4C[C@H]5CC[C@H]4C5)ccc3c2)cc1. The Morgan fingerprint density at radius 1 is 1.03 bits per heavy atom. The number of hydrogen-bond acceptors (Lipinski definition) is 4. The van der Waals surface area contributed by atoms with Crippen molar-refractivity contribution in [2.75, 3.05) is 28.3 Å². The number of benzene rings is 2. The Morgan fingerprint density at radius 2 is 1.83 bits per heavy atom. The second-order valence-corrected chi connectivity index (χ2v) is 8.75. The van der Waals surface area contributed by atoms with E-state index in [1.54, 1.807) is 11.8 Å². The first-order valence-corrected chi connectivity index (χ1v) is 11.3. The predicted octanol–water partition coefficient (Wildman–Crippen LogP) is 5.59. The molecule has 0 spiro atoms. The lowest BCUT2D eigenvalue weighted by Gasteiger charge is -2.28. The van der Waals surface area contributed by atoms with E-state index in [1.807, 2.05) is 48.7 Å². The molecule has 1 saturated carbocycles. The highest BCUT2D eigenvalue weighted by molar-refractivity contribution is 7.98. The molecule has 1 saturated heterocycles. The number of aromatic nitrogens is 1. The van der Waals surface area contributed by atoms with E-state index >= 15 is 0 Å². The quantitative estimate of drug-likeness (QED) is 0.557. The average molecular weight is 405 g/mol. The molecule has 2 bridgehead atoms. The highest BCUT2D eigenvalue weighted by Gasteiger charge is 2.38. The Balaban J connectivity index is 1.28. The van der Waals surface area contributed by atoms with Crippen LogP contribution in [0.2, 0.25) is 0 Å². The summed E-state index contributed by atoms with van der Waals surface area (Å²) in [5, 5.41) is 6.81. The van der Waals surface area contributed by atoms with E-state index in [0.29, 0.717) is 6.04 Å². The van der Waals surface area contributed by atoms with Gasteiger partial charge in [0, 0.05) is 34.2 Å². The van der Waals surface area contributed by atoms with Crippen molar-refractivity contribution < 1.29 is 4.79 Å². The van der Waals surface area contributed by atoms with Gasteiger partial charge in [0.25, 0.3) is 0 Å². The van der Waals surface area contributed by atoms with Crippen LogP contribution < -0.4 is 15.5 Å². The van der Waals surface area contributed by atoms with Gasteiger partial charge in [0.15, 0.2) is 0 Å². The molecular formula is C23H24N4OS. The molecule has 5 rings (SSSR count). The van der Waals surface area contributed by atoms with Crippen LogP contribution >= 0.6 is 11.8 Å². The highest BCUT2D eigenvalue weighted by atomic mass is 32.2. The molecular weight excluding hydrogens is 380 g/mol. The number of rotatable bonds is 4. The lowest BCUT2D eigenvalue weighted by atomic mass is 10.1. The topological polar surface area (TPSA) is 57.3 Å². The smallest absolute Gasteiger partial charge is 0.323 e. The Morgan fingerprint density at radius 3 is 2.55 bits per heavy atom. The first-order valence-electron chi connectivity index (χ1n) is 10.1. The average Bonchev–Trinajstić information content (AvgIpc) is 3.37. The van der Waals surface area contributed by atoms with Crippen LogP contribution in [0.3, 0.4) is 0 Å². The fraction of sp³-hybridized carbons (Fsp3) is 0.304. The van der Waals surface area contributed by atoms with E-state index in [2.05, 4.69) is 27.7 Å². The number of pyridine rings is 1. The molecule has 2 aliphatic rings. The van der Waals surface area contributed by atoms with Crippen molar-refractivity contribution in [2.45, 2.75) is 30.2 Å². The van der Waals surface area contributed by atoms with Gasteiger partial charge in [-0.15, -0.1) is 11.8 Å². The van der Waals surface area contributed by atoms with Gasteiger partial charge in [0.05, 0.1) is 5.52 Å². The van der Waals surface area contributed by atoms with Crippen LogP contribution in [0.1, 0.15) is 19.3 Å². The minimum atomic E-state index is -0.251. The van der Waals surface area contributed by atoms with Crippen LogP contribution in [0.25, 0.3) is 10.9 Å². The molecule has 1 aliphatic carbocycles. The molecule has 6 heteroatoms. The van der Waals surface area contributed by atoms with Gasteiger partial charge in [-0.2, -0.15) is 0 Å². The van der Waals surface area contributed by atoms with Crippen molar-refractivity contribution >= 4 is 45.9 Å². The Labute approximate surface area is 174 Å². The van der Waals surface area contributed by atoms with Crippen LogP contribution in [0, 0.1) is 5.92 Å². The van der Waals surface area contributed by atoms with Gasteiger partial charge in [-0.1, -0.05) is 0 Å². The van der Waals surface area contributed by atoms with Crippen LogP contribution in [0.4, 0.5) is 22.0 Å². The summed E-state index contributed by atoms with van der Waals surface area (Å²) in [5.41, 5.74) is 2.49. The summed E-state index contributed by atoms with van der Waals surface area (Å²) in [6.07, 6.45) is 6.01. The monoisotopic (exact) mass is 404 g/mol. The summed E-state index contributed by atoms with van der Waals surface area (Å²) in [6.45, 7) is 1.14. The molecule has 2 N–H and O–H groups in total. The summed E-state index contributed by atoms with van der Waals surface area (Å²) >= 11 is 1.68. The number of carbonyl (C=O) groups excluding carboxylic acids is 1. The third-order valence-electron chi connectivity index (χ3n) is 5.98. The minimum Gasteiger partial charge on any atom is -0.353 e. The van der Waals surface area contributed by atoms with Crippen LogP contribution in [0.15, 0.2) is 59.5 Å². The maximum absolute atomic E-state index is 12.3. The van der Waals surface area contributed by atoms with E-state index in [0.717, 1.165) is 40.6 Å². The van der Waals surface area contributed by atoms with Crippen molar-refractivity contribution in [3.8, 4) is 0 Å². The molecule has 0 unspecified atom stereocenters. The second-order valence-electron chi connectivity index (χ2n) is 7.87. The largest absolute Gasteiger partial charge is 0.353 e. The molecule has 2 atom stereocenters. The minimum absolute atomic E-state index is 0.251. The zero-order valence-electron chi connectivity index (χ0n) is 16.4. The van der Waals surface area contributed by atoms with Gasteiger partial charge < -0.3 is 15.5 Å². The number of thioether (sulfide) groups is 1. The molecule has 29 heavy (non-hydrogen) atoms. The Bertz CT molecular complexity index is 1050. The molecule has 1 aromatic heterocycles. The van der Waals surface area contributed by atoms with Gasteiger partial charge in [-0.05, 0) is 86.0 Å². The third-order valence-corrected chi connectivity index (χ3v) is 6.73. The third kappa shape index (κ3) is 3.77. The van der Waals surface area contributed by atoms with E-state index in [4.69, 9.17) is 4.98 Å². The summed E-state index contributed by atoms with van der Waals surface area (Å²) in [6, 6.07) is 18.3. The van der Waals surface area contributed by atoms with Gasteiger partial charge in [0.1, 0.15) is 5.82 Å². The van der Waals surface area contributed by atoms with E-state index in [-0.39, 0.29) is 6.03 Å². The number of amides is 2. The summed E-state index contributed by atoms with van der Waals surface area (Å²) in [4.78, 5) is 20.8. The van der Waals surface area contributed by atoms with Gasteiger partial charge in [-0.25, -0.2) is 9.78 Å². The van der Waals surface area contributed by atoms with E-state index < -0.39 is 0 Å². The zero-order chi connectivity index (χ0) is 19.8. The predicted molar refractivity (Wildman–Crippen MR) is 121 cm³/mol. The number of anilines is 3. The molecule has 3 aromatic rings. The summed E-state index contributed by atoms with van der Waals surface area (Å²) < 4.78 is 0. The zero-order valence-corrected chi connectivity index (χ0v) is 17.2. The number of carbonyl (C=O) groups is 1. The number of piperidine rings is 1. The molecule has 1 aliphatic heterocycles. The number of hydrogen-bond donors (Lipinski definition) is 2. The van der Waals surface area contributed by atoms with Crippen LogP contribution in [-0.2, 0) is 0 Å². The van der Waals surface area contributed by atoms with Crippen LogP contribution in [0.5, 0.6) is 0 Å². The Kier molecular flexibility index (Phi) is 4.79. The second kappa shape index (κ2) is 7.59. The highest BCUT2D eigenvalue weighted by Crippen LogP contribution is 2.39. The van der Waals surface area contributed by atoms with Crippen molar-refractivity contribution in [3.63, 3.8) is 0 Å². The number of urea groups is 1. The first-order chi connectivity index (χ1) is 14.2. The molecule has 2 amide bonds. The number of nitrogens with zero attached hydrogens (tertiary/aromatic N) is 2. The lowest BCUT2D eigenvalue weighted by molar-refractivity contribution is 0.262. The van der Waals surface area contributed by atoms with Gasteiger partial charge in [0.2, 0.25) is 0 Å². The maximum Gasteiger partial charge on any atom is 0.323 e. The van der Waals surface area contributed by atoms with Crippen molar-refractivity contribution in [3.05, 3.63) is 54.6 Å². The lowest BCUT2D eigenvalue weighted by Crippen LogP contribution is -2.32. The number of fused-ring (bicyclic) bond motifs is 3. The Hall–Kier alpha value is -2.73. The molecule has 2 fully saturated rings. The van der Waals surface area contributed by atoms with Crippen molar-refractivity contribution in [1.82, 2.24) is 4.98 Å². The van der Waals surface area contributed by atoms with Crippen molar-refractivity contribution in [1.29, 1.82) is 0 Å². The molecule has 2 aromatic carbocycles.